The van der Waals surface area contributed by atoms with Crippen molar-refractivity contribution in [2.45, 2.75) is 19.4 Å². The molecule has 3 rings (SSSR count). The Labute approximate surface area is 152 Å². The molecule has 0 saturated carbocycles. The van der Waals surface area contributed by atoms with E-state index in [9.17, 15) is 4.79 Å². The fourth-order valence-electron chi connectivity index (χ4n) is 2.75. The standard InChI is InChI=1S/C18H25N5O3/c24-18(20-7-3-10-25-13-15-5-11-26-14-15)21-12-16-4-1-6-19-17(16)23-9-2-8-22-23/h1-2,4,6,8-9,15H,3,5,7,10-14H2,(H2,20,21,24). The first kappa shape index (κ1) is 18.3. The number of rotatable bonds is 9. The number of urea groups is 1. The number of ether oxygens (including phenoxy) is 2. The van der Waals surface area contributed by atoms with E-state index in [4.69, 9.17) is 9.47 Å². The molecule has 0 bridgehead atoms. The quantitative estimate of drug-likeness (QED) is 0.663. The van der Waals surface area contributed by atoms with Crippen LogP contribution in [0, 0.1) is 5.92 Å². The number of aromatic nitrogens is 3. The normalized spacial score (nSPS) is 16.5. The Bertz CT molecular complexity index is 671. The molecule has 2 aromatic heterocycles. The number of nitrogens with zero attached hydrogens (tertiary/aromatic N) is 3. The monoisotopic (exact) mass is 359 g/mol. The van der Waals surface area contributed by atoms with Gasteiger partial charge in [0.15, 0.2) is 5.82 Å². The Kier molecular flexibility index (Phi) is 6.97. The van der Waals surface area contributed by atoms with Crippen molar-refractivity contribution >= 4 is 6.03 Å². The Morgan fingerprint density at radius 2 is 2.31 bits per heavy atom. The van der Waals surface area contributed by atoms with Gasteiger partial charge in [-0.15, -0.1) is 0 Å². The fraction of sp³-hybridized carbons (Fsp3) is 0.500. The van der Waals surface area contributed by atoms with Crippen LogP contribution in [0.4, 0.5) is 4.79 Å². The molecule has 8 heteroatoms. The second-order valence-corrected chi connectivity index (χ2v) is 6.20. The van der Waals surface area contributed by atoms with E-state index in [0.29, 0.717) is 31.4 Å². The number of hydrogen-bond acceptors (Lipinski definition) is 5. The molecule has 140 valence electrons. The molecule has 1 aliphatic rings. The molecular weight excluding hydrogens is 334 g/mol. The third kappa shape index (κ3) is 5.53. The van der Waals surface area contributed by atoms with Crippen LogP contribution in [0.15, 0.2) is 36.8 Å². The minimum Gasteiger partial charge on any atom is -0.381 e. The third-order valence-electron chi connectivity index (χ3n) is 4.16. The van der Waals surface area contributed by atoms with Gasteiger partial charge in [-0.3, -0.25) is 0 Å². The van der Waals surface area contributed by atoms with Crippen molar-refractivity contribution in [1.82, 2.24) is 25.4 Å². The summed E-state index contributed by atoms with van der Waals surface area (Å²) >= 11 is 0. The van der Waals surface area contributed by atoms with Crippen LogP contribution in [0.3, 0.4) is 0 Å². The van der Waals surface area contributed by atoms with Gasteiger partial charge in [-0.25, -0.2) is 14.5 Å². The highest BCUT2D eigenvalue weighted by Crippen LogP contribution is 2.12. The zero-order valence-corrected chi connectivity index (χ0v) is 14.8. The molecule has 1 saturated heterocycles. The molecule has 0 aliphatic carbocycles. The zero-order valence-electron chi connectivity index (χ0n) is 14.8. The highest BCUT2D eigenvalue weighted by molar-refractivity contribution is 5.73. The summed E-state index contributed by atoms with van der Waals surface area (Å²) in [6.45, 7) is 3.98. The molecule has 2 aromatic rings. The van der Waals surface area contributed by atoms with E-state index in [1.165, 1.54) is 0 Å². The maximum Gasteiger partial charge on any atom is 0.315 e. The number of amides is 2. The third-order valence-corrected chi connectivity index (χ3v) is 4.16. The summed E-state index contributed by atoms with van der Waals surface area (Å²) in [6.07, 6.45) is 7.09. The van der Waals surface area contributed by atoms with E-state index in [1.54, 1.807) is 17.1 Å². The first-order valence-electron chi connectivity index (χ1n) is 8.94. The van der Waals surface area contributed by atoms with E-state index in [0.717, 1.165) is 38.2 Å². The van der Waals surface area contributed by atoms with Gasteiger partial charge >= 0.3 is 6.03 Å². The van der Waals surface area contributed by atoms with Crippen LogP contribution >= 0.6 is 0 Å². The summed E-state index contributed by atoms with van der Waals surface area (Å²) in [5.41, 5.74) is 0.897. The van der Waals surface area contributed by atoms with Gasteiger partial charge in [-0.1, -0.05) is 6.07 Å². The second-order valence-electron chi connectivity index (χ2n) is 6.20. The van der Waals surface area contributed by atoms with Crippen molar-refractivity contribution in [3.63, 3.8) is 0 Å². The van der Waals surface area contributed by atoms with Crippen LogP contribution in [-0.2, 0) is 16.0 Å². The minimum absolute atomic E-state index is 0.204. The molecule has 1 fully saturated rings. The van der Waals surface area contributed by atoms with Gasteiger partial charge in [0.05, 0.1) is 13.2 Å². The maximum absolute atomic E-state index is 11.9. The number of carbonyl (C=O) groups is 1. The smallest absolute Gasteiger partial charge is 0.315 e. The predicted octanol–water partition coefficient (Wildman–Crippen LogP) is 1.51. The molecule has 1 aliphatic heterocycles. The summed E-state index contributed by atoms with van der Waals surface area (Å²) in [5.74, 6) is 1.23. The molecule has 1 unspecified atom stereocenters. The largest absolute Gasteiger partial charge is 0.381 e. The summed E-state index contributed by atoms with van der Waals surface area (Å²) < 4.78 is 12.6. The molecular formula is C18H25N5O3. The zero-order chi connectivity index (χ0) is 18.0. The summed E-state index contributed by atoms with van der Waals surface area (Å²) in [7, 11) is 0. The second kappa shape index (κ2) is 9.88. The van der Waals surface area contributed by atoms with Crippen molar-refractivity contribution < 1.29 is 14.3 Å². The molecule has 2 N–H and O–H groups in total. The van der Waals surface area contributed by atoms with Crippen molar-refractivity contribution in [2.75, 3.05) is 33.0 Å². The maximum atomic E-state index is 11.9. The lowest BCUT2D eigenvalue weighted by Crippen LogP contribution is -2.36. The molecule has 0 radical (unpaired) electrons. The SMILES string of the molecule is O=C(NCCCOCC1CCOC1)NCc1cccnc1-n1cccn1. The molecule has 26 heavy (non-hydrogen) atoms. The summed E-state index contributed by atoms with van der Waals surface area (Å²) in [5, 5.41) is 9.87. The first-order chi connectivity index (χ1) is 12.8. The average molecular weight is 359 g/mol. The van der Waals surface area contributed by atoms with E-state index in [-0.39, 0.29) is 6.03 Å². The van der Waals surface area contributed by atoms with Gasteiger partial charge in [0.25, 0.3) is 0 Å². The Morgan fingerprint density at radius 3 is 3.12 bits per heavy atom. The van der Waals surface area contributed by atoms with E-state index in [2.05, 4.69) is 20.7 Å². The first-order valence-corrected chi connectivity index (χ1v) is 8.94. The van der Waals surface area contributed by atoms with Crippen LogP contribution in [0.25, 0.3) is 5.82 Å². The van der Waals surface area contributed by atoms with Gasteiger partial charge < -0.3 is 20.1 Å². The molecule has 3 heterocycles. The Balaban J connectivity index is 1.32. The lowest BCUT2D eigenvalue weighted by Gasteiger charge is -2.11. The van der Waals surface area contributed by atoms with Crippen LogP contribution < -0.4 is 10.6 Å². The van der Waals surface area contributed by atoms with Crippen molar-refractivity contribution in [3.05, 3.63) is 42.4 Å². The molecule has 2 amide bonds. The molecule has 0 spiro atoms. The van der Waals surface area contributed by atoms with Crippen LogP contribution in [0.1, 0.15) is 18.4 Å². The van der Waals surface area contributed by atoms with Gasteiger partial charge in [-0.05, 0) is 25.0 Å². The van der Waals surface area contributed by atoms with Gasteiger partial charge in [0.1, 0.15) is 0 Å². The Morgan fingerprint density at radius 1 is 1.35 bits per heavy atom. The van der Waals surface area contributed by atoms with E-state index in [1.807, 2.05) is 24.4 Å². The highest BCUT2D eigenvalue weighted by atomic mass is 16.5. The van der Waals surface area contributed by atoms with Gasteiger partial charge in [0.2, 0.25) is 0 Å². The van der Waals surface area contributed by atoms with E-state index >= 15 is 0 Å². The van der Waals surface area contributed by atoms with Crippen LogP contribution in [-0.4, -0.2) is 53.8 Å². The number of nitrogens with one attached hydrogen (secondary N) is 2. The van der Waals surface area contributed by atoms with E-state index < -0.39 is 0 Å². The van der Waals surface area contributed by atoms with Crippen molar-refractivity contribution in [3.8, 4) is 5.82 Å². The topological polar surface area (TPSA) is 90.3 Å². The van der Waals surface area contributed by atoms with Crippen molar-refractivity contribution in [2.24, 2.45) is 5.92 Å². The molecule has 1 atom stereocenters. The fourth-order valence-corrected chi connectivity index (χ4v) is 2.75. The lowest BCUT2D eigenvalue weighted by atomic mass is 10.1. The molecule has 0 aromatic carbocycles. The predicted molar refractivity (Wildman–Crippen MR) is 96.0 cm³/mol. The highest BCUT2D eigenvalue weighted by Gasteiger charge is 2.15. The average Bonchev–Trinajstić information content (AvgIpc) is 3.37. The van der Waals surface area contributed by atoms with Gasteiger partial charge in [-0.2, -0.15) is 5.10 Å². The summed E-state index contributed by atoms with van der Waals surface area (Å²) in [4.78, 5) is 16.3. The minimum atomic E-state index is -0.204. The Hall–Kier alpha value is -2.45. The van der Waals surface area contributed by atoms with Crippen molar-refractivity contribution in [1.29, 1.82) is 0 Å². The number of pyridine rings is 1. The van der Waals surface area contributed by atoms with Gasteiger partial charge in [0, 0.05) is 56.4 Å². The van der Waals surface area contributed by atoms with Crippen LogP contribution in [0.2, 0.25) is 0 Å². The number of carbonyl (C=O) groups excluding carboxylic acids is 1. The number of hydrogen-bond donors (Lipinski definition) is 2. The van der Waals surface area contributed by atoms with Crippen LogP contribution in [0.5, 0.6) is 0 Å². The molecule has 8 nitrogen and oxygen atoms in total. The summed E-state index contributed by atoms with van der Waals surface area (Å²) in [6, 6.07) is 5.39. The lowest BCUT2D eigenvalue weighted by molar-refractivity contribution is 0.0885.